The van der Waals surface area contributed by atoms with E-state index in [1.807, 2.05) is 36.6 Å². The lowest BCUT2D eigenvalue weighted by molar-refractivity contribution is -0.140. The second kappa shape index (κ2) is 10.2. The van der Waals surface area contributed by atoms with Crippen molar-refractivity contribution in [1.82, 2.24) is 19.2 Å². The Morgan fingerprint density at radius 3 is 2.43 bits per heavy atom. The van der Waals surface area contributed by atoms with Gasteiger partial charge in [0.2, 0.25) is 0 Å². The first-order valence-corrected chi connectivity index (χ1v) is 12.4. The molecular weight excluding hydrogens is 464 g/mol. The summed E-state index contributed by atoms with van der Waals surface area (Å²) in [4.78, 5) is 35.0. The summed E-state index contributed by atoms with van der Waals surface area (Å²) in [5.41, 5.74) is 3.42. The molecule has 1 fully saturated rings. The van der Waals surface area contributed by atoms with Crippen molar-refractivity contribution in [2.24, 2.45) is 0 Å². The van der Waals surface area contributed by atoms with E-state index in [0.717, 1.165) is 30.8 Å². The number of likely N-dealkylation sites (tertiary alicyclic amines) is 1. The molecule has 0 spiro atoms. The highest BCUT2D eigenvalue weighted by molar-refractivity contribution is 6.46. The predicted molar refractivity (Wildman–Crippen MR) is 138 cm³/mol. The highest BCUT2D eigenvalue weighted by Gasteiger charge is 2.46. The summed E-state index contributed by atoms with van der Waals surface area (Å²) in [7, 11) is 0. The van der Waals surface area contributed by atoms with Crippen LogP contribution >= 0.6 is 11.6 Å². The fraction of sp³-hybridized carbons (Fsp3) is 0.370. The molecule has 3 aromatic rings. The Kier molecular flexibility index (Phi) is 7.28. The Morgan fingerprint density at radius 1 is 1.11 bits per heavy atom. The van der Waals surface area contributed by atoms with E-state index in [1.165, 1.54) is 0 Å². The van der Waals surface area contributed by atoms with Gasteiger partial charge in [0, 0.05) is 17.8 Å². The van der Waals surface area contributed by atoms with Gasteiger partial charge in [-0.05, 0) is 69.2 Å². The minimum Gasteiger partial charge on any atom is -0.505 e. The molecule has 1 aliphatic heterocycles. The summed E-state index contributed by atoms with van der Waals surface area (Å²) in [6.07, 6.45) is 2.58. The van der Waals surface area contributed by atoms with Crippen LogP contribution in [0, 0.1) is 13.8 Å². The molecule has 1 saturated heterocycles. The number of aryl methyl sites for hydroxylation is 2. The van der Waals surface area contributed by atoms with Gasteiger partial charge < -0.3 is 19.3 Å². The lowest BCUT2D eigenvalue weighted by atomic mass is 9.96. The number of nitrogens with zero attached hydrogens (tertiary/aromatic N) is 4. The Morgan fingerprint density at radius 2 is 1.80 bits per heavy atom. The Labute approximate surface area is 210 Å². The zero-order chi connectivity index (χ0) is 25.3. The van der Waals surface area contributed by atoms with E-state index >= 15 is 0 Å². The number of pyridine rings is 1. The molecule has 1 N–H and O–H groups in total. The topological polar surface area (TPSA) is 78.2 Å². The van der Waals surface area contributed by atoms with Crippen LogP contribution in [0.1, 0.15) is 48.8 Å². The second-order valence-electron chi connectivity index (χ2n) is 8.86. The Balaban J connectivity index is 1.81. The molecule has 7 nitrogen and oxygen atoms in total. The summed E-state index contributed by atoms with van der Waals surface area (Å²) in [6.45, 7) is 11.0. The Hall–Kier alpha value is -3.16. The van der Waals surface area contributed by atoms with Crippen molar-refractivity contribution >= 4 is 34.7 Å². The first-order valence-electron chi connectivity index (χ1n) is 12.0. The number of aliphatic hydroxyl groups is 1. The summed E-state index contributed by atoms with van der Waals surface area (Å²) in [5, 5.41) is 12.0. The van der Waals surface area contributed by atoms with Crippen molar-refractivity contribution in [3.8, 4) is 0 Å². The van der Waals surface area contributed by atoms with Gasteiger partial charge in [-0.1, -0.05) is 43.6 Å². The van der Waals surface area contributed by atoms with E-state index in [9.17, 15) is 14.7 Å². The number of amides is 1. The normalized spacial score (nSPS) is 17.8. The number of Topliss-reactive ketones (excluding diaryl/α,β-unsaturated/α-hetero) is 1. The maximum Gasteiger partial charge on any atom is 0.295 e. The number of carbonyl (C=O) groups is 2. The first-order chi connectivity index (χ1) is 16.8. The van der Waals surface area contributed by atoms with Crippen molar-refractivity contribution in [2.75, 3.05) is 26.2 Å². The van der Waals surface area contributed by atoms with Gasteiger partial charge in [0.1, 0.15) is 11.3 Å². The molecule has 0 bridgehead atoms. The molecule has 184 valence electrons. The van der Waals surface area contributed by atoms with Crippen LogP contribution in [0.15, 0.2) is 48.2 Å². The summed E-state index contributed by atoms with van der Waals surface area (Å²) >= 11 is 6.11. The van der Waals surface area contributed by atoms with Gasteiger partial charge in [-0.25, -0.2) is 4.98 Å². The predicted octanol–water partition coefficient (Wildman–Crippen LogP) is 4.76. The monoisotopic (exact) mass is 494 g/mol. The van der Waals surface area contributed by atoms with E-state index < -0.39 is 17.7 Å². The number of rotatable bonds is 8. The molecule has 3 heterocycles. The zero-order valence-corrected chi connectivity index (χ0v) is 21.3. The van der Waals surface area contributed by atoms with Crippen LogP contribution in [0.5, 0.6) is 0 Å². The maximum atomic E-state index is 13.3. The number of imidazole rings is 1. The van der Waals surface area contributed by atoms with E-state index in [-0.39, 0.29) is 11.3 Å². The summed E-state index contributed by atoms with van der Waals surface area (Å²) in [5.74, 6) is -1.56. The number of aliphatic hydroxyl groups excluding tert-OH is 1. The zero-order valence-electron chi connectivity index (χ0n) is 20.6. The quantitative estimate of drug-likeness (QED) is 0.277. The lowest BCUT2D eigenvalue weighted by Gasteiger charge is -2.26. The van der Waals surface area contributed by atoms with Gasteiger partial charge in [-0.15, -0.1) is 0 Å². The average Bonchev–Trinajstić information content (AvgIpc) is 3.32. The van der Waals surface area contributed by atoms with Crippen molar-refractivity contribution in [3.63, 3.8) is 0 Å². The molecule has 1 aliphatic rings. The SMILES string of the molecule is CCN(CC)CCCN1C(=O)C(=O)C(=C(O)c2nc3c(C)cccn3c2C)C1c1ccc(Cl)cc1. The van der Waals surface area contributed by atoms with Crippen LogP contribution in [0.3, 0.4) is 0 Å². The number of carbonyl (C=O) groups excluding carboxylic acids is 2. The van der Waals surface area contributed by atoms with Crippen LogP contribution in [0.25, 0.3) is 11.4 Å². The molecule has 2 aromatic heterocycles. The van der Waals surface area contributed by atoms with Crippen LogP contribution in [0.4, 0.5) is 0 Å². The number of ketones is 1. The minimum atomic E-state index is -0.714. The van der Waals surface area contributed by atoms with E-state index in [0.29, 0.717) is 35.0 Å². The molecule has 0 radical (unpaired) electrons. The lowest BCUT2D eigenvalue weighted by Crippen LogP contribution is -2.33. The standard InChI is InChI=1S/C27H31ClN4O3/c1-5-30(6-2)14-8-16-32-23(19-10-12-20(28)13-11-19)21(25(34)27(32)35)24(33)22-18(4)31-15-7-9-17(3)26(31)29-22/h7,9-13,15,23,33H,5-6,8,14,16H2,1-4H3. The van der Waals surface area contributed by atoms with Crippen LogP contribution in [0.2, 0.25) is 5.02 Å². The number of fused-ring (bicyclic) bond motifs is 1. The Bertz CT molecular complexity index is 1290. The molecule has 0 aliphatic carbocycles. The van der Waals surface area contributed by atoms with Gasteiger partial charge in [-0.3, -0.25) is 9.59 Å². The third kappa shape index (κ3) is 4.58. The van der Waals surface area contributed by atoms with E-state index in [4.69, 9.17) is 11.6 Å². The van der Waals surface area contributed by atoms with Crippen molar-refractivity contribution in [1.29, 1.82) is 0 Å². The van der Waals surface area contributed by atoms with Gasteiger partial charge in [0.15, 0.2) is 5.76 Å². The van der Waals surface area contributed by atoms with Crippen LogP contribution in [-0.4, -0.2) is 62.2 Å². The third-order valence-corrected chi connectivity index (χ3v) is 7.05. The first kappa shape index (κ1) is 24.9. The number of halogens is 1. The molecule has 4 rings (SSSR count). The molecule has 1 atom stereocenters. The largest absolute Gasteiger partial charge is 0.505 e. The smallest absolute Gasteiger partial charge is 0.295 e. The van der Waals surface area contributed by atoms with Gasteiger partial charge in [0.05, 0.1) is 17.3 Å². The van der Waals surface area contributed by atoms with Gasteiger partial charge in [0.25, 0.3) is 11.7 Å². The third-order valence-electron chi connectivity index (χ3n) is 6.80. The van der Waals surface area contributed by atoms with E-state index in [2.05, 4.69) is 23.7 Å². The number of hydrogen-bond donors (Lipinski definition) is 1. The summed E-state index contributed by atoms with van der Waals surface area (Å²) in [6, 6.07) is 10.2. The minimum absolute atomic E-state index is 0.0596. The maximum absolute atomic E-state index is 13.3. The molecule has 1 amide bonds. The number of hydrogen-bond acceptors (Lipinski definition) is 5. The molecule has 8 heteroatoms. The number of aromatic nitrogens is 2. The molecule has 0 saturated carbocycles. The molecule has 35 heavy (non-hydrogen) atoms. The van der Waals surface area contributed by atoms with Crippen molar-refractivity contribution < 1.29 is 14.7 Å². The fourth-order valence-electron chi connectivity index (χ4n) is 4.78. The van der Waals surface area contributed by atoms with Crippen LogP contribution < -0.4 is 0 Å². The molecule has 1 unspecified atom stereocenters. The fourth-order valence-corrected chi connectivity index (χ4v) is 4.91. The van der Waals surface area contributed by atoms with Gasteiger partial charge >= 0.3 is 0 Å². The van der Waals surface area contributed by atoms with Crippen molar-refractivity contribution in [3.05, 3.63) is 75.7 Å². The molecule has 1 aromatic carbocycles. The highest BCUT2D eigenvalue weighted by Crippen LogP contribution is 2.40. The second-order valence-corrected chi connectivity index (χ2v) is 9.29. The van der Waals surface area contributed by atoms with Crippen LogP contribution in [-0.2, 0) is 9.59 Å². The van der Waals surface area contributed by atoms with Crippen molar-refractivity contribution in [2.45, 2.75) is 40.2 Å². The molecular formula is C27H31ClN4O3. The van der Waals surface area contributed by atoms with Gasteiger partial charge in [-0.2, -0.15) is 0 Å². The average molecular weight is 495 g/mol. The number of benzene rings is 1. The summed E-state index contributed by atoms with van der Waals surface area (Å²) < 4.78 is 1.88. The van der Waals surface area contributed by atoms with E-state index in [1.54, 1.807) is 29.2 Å². The highest BCUT2D eigenvalue weighted by atomic mass is 35.5.